The van der Waals surface area contributed by atoms with Crippen molar-refractivity contribution in [2.75, 3.05) is 12.3 Å². The van der Waals surface area contributed by atoms with Crippen LogP contribution in [0.4, 0.5) is 0 Å². The lowest BCUT2D eigenvalue weighted by Crippen LogP contribution is -2.27. The van der Waals surface area contributed by atoms with Crippen molar-refractivity contribution < 1.29 is 9.21 Å². The Morgan fingerprint density at radius 1 is 1.07 bits per heavy atom. The summed E-state index contributed by atoms with van der Waals surface area (Å²) in [5.41, 5.74) is 5.73. The molecule has 0 aliphatic heterocycles. The van der Waals surface area contributed by atoms with Crippen molar-refractivity contribution >= 4 is 17.7 Å². The average Bonchev–Trinajstić information content (AvgIpc) is 3.15. The van der Waals surface area contributed by atoms with E-state index in [2.05, 4.69) is 59.7 Å². The highest BCUT2D eigenvalue weighted by molar-refractivity contribution is 7.99. The van der Waals surface area contributed by atoms with Crippen LogP contribution in [0.1, 0.15) is 42.0 Å². The lowest BCUT2D eigenvalue weighted by Gasteiger charge is -2.07. The summed E-state index contributed by atoms with van der Waals surface area (Å²) in [5, 5.41) is 11.5. The summed E-state index contributed by atoms with van der Waals surface area (Å²) in [6.07, 6.45) is 0.812. The van der Waals surface area contributed by atoms with Gasteiger partial charge in [-0.2, -0.15) is 0 Å². The topological polar surface area (TPSA) is 68.0 Å². The van der Waals surface area contributed by atoms with Crippen molar-refractivity contribution in [2.24, 2.45) is 0 Å². The molecule has 152 valence electrons. The summed E-state index contributed by atoms with van der Waals surface area (Å²) in [7, 11) is 0. The van der Waals surface area contributed by atoms with E-state index < -0.39 is 0 Å². The first-order chi connectivity index (χ1) is 13.9. The molecule has 0 fully saturated rings. The molecular formula is C23H27N3O2S. The number of rotatable bonds is 8. The highest BCUT2D eigenvalue weighted by atomic mass is 32.2. The molecule has 3 rings (SSSR count). The monoisotopic (exact) mass is 409 g/mol. The summed E-state index contributed by atoms with van der Waals surface area (Å²) in [4.78, 5) is 12.1. The Kier molecular flexibility index (Phi) is 7.09. The summed E-state index contributed by atoms with van der Waals surface area (Å²) >= 11 is 1.25. The SMILES string of the molecule is Cc1cc(C)cc(-c2nnc(SCC(=O)NCCc3ccc(C(C)C)cc3)o2)c1. The van der Waals surface area contributed by atoms with Crippen LogP contribution in [0.25, 0.3) is 11.5 Å². The number of nitrogens with one attached hydrogen (secondary N) is 1. The third-order valence-corrected chi connectivity index (χ3v) is 5.40. The molecule has 0 radical (unpaired) electrons. The van der Waals surface area contributed by atoms with E-state index in [1.807, 2.05) is 26.0 Å². The Hall–Kier alpha value is -2.60. The number of benzene rings is 2. The normalized spacial score (nSPS) is 11.1. The van der Waals surface area contributed by atoms with Crippen LogP contribution >= 0.6 is 11.8 Å². The predicted octanol–water partition coefficient (Wildman–Crippen LogP) is 4.93. The number of thioether (sulfide) groups is 1. The molecule has 1 heterocycles. The summed E-state index contributed by atoms with van der Waals surface area (Å²) in [6.45, 7) is 9.04. The van der Waals surface area contributed by atoms with E-state index in [9.17, 15) is 4.79 Å². The fourth-order valence-corrected chi connectivity index (χ4v) is 3.67. The van der Waals surface area contributed by atoms with Crippen molar-refractivity contribution in [1.29, 1.82) is 0 Å². The maximum atomic E-state index is 12.1. The second-order valence-corrected chi connectivity index (χ2v) is 8.46. The molecule has 1 amide bonds. The molecule has 29 heavy (non-hydrogen) atoms. The van der Waals surface area contributed by atoms with E-state index in [0.29, 0.717) is 23.6 Å². The van der Waals surface area contributed by atoms with Gasteiger partial charge in [0.05, 0.1) is 5.75 Å². The van der Waals surface area contributed by atoms with Gasteiger partial charge in [-0.3, -0.25) is 4.79 Å². The summed E-state index contributed by atoms with van der Waals surface area (Å²) in [5.74, 6) is 1.21. The lowest BCUT2D eigenvalue weighted by atomic mass is 10.0. The smallest absolute Gasteiger partial charge is 0.277 e. The second-order valence-electron chi connectivity index (χ2n) is 7.53. The predicted molar refractivity (Wildman–Crippen MR) is 117 cm³/mol. The number of aryl methyl sites for hydroxylation is 2. The van der Waals surface area contributed by atoms with Crippen molar-refractivity contribution in [3.63, 3.8) is 0 Å². The van der Waals surface area contributed by atoms with Gasteiger partial charge in [-0.05, 0) is 49.4 Å². The van der Waals surface area contributed by atoms with E-state index in [0.717, 1.165) is 23.1 Å². The van der Waals surface area contributed by atoms with Crippen LogP contribution in [0.5, 0.6) is 0 Å². The van der Waals surface area contributed by atoms with Crippen molar-refractivity contribution in [1.82, 2.24) is 15.5 Å². The second kappa shape index (κ2) is 9.74. The first-order valence-electron chi connectivity index (χ1n) is 9.81. The van der Waals surface area contributed by atoms with Crippen LogP contribution in [0.3, 0.4) is 0 Å². The highest BCUT2D eigenvalue weighted by Gasteiger charge is 2.12. The molecule has 0 aliphatic rings. The molecule has 0 saturated heterocycles. The van der Waals surface area contributed by atoms with Crippen molar-refractivity contribution in [2.45, 2.75) is 45.3 Å². The van der Waals surface area contributed by atoms with Crippen LogP contribution in [-0.4, -0.2) is 28.4 Å². The van der Waals surface area contributed by atoms with Gasteiger partial charge in [0.25, 0.3) is 5.22 Å². The Bertz CT molecular complexity index is 944. The molecular weight excluding hydrogens is 382 g/mol. The van der Waals surface area contributed by atoms with E-state index in [-0.39, 0.29) is 11.7 Å². The third-order valence-electron chi connectivity index (χ3n) is 4.58. The molecule has 6 heteroatoms. The van der Waals surface area contributed by atoms with Crippen LogP contribution in [0, 0.1) is 13.8 Å². The Morgan fingerprint density at radius 2 is 1.76 bits per heavy atom. The molecule has 0 atom stereocenters. The average molecular weight is 410 g/mol. The molecule has 1 N–H and O–H groups in total. The highest BCUT2D eigenvalue weighted by Crippen LogP contribution is 2.24. The number of hydrogen-bond donors (Lipinski definition) is 1. The number of carbonyl (C=O) groups excluding carboxylic acids is 1. The van der Waals surface area contributed by atoms with Gasteiger partial charge in [-0.25, -0.2) is 0 Å². The van der Waals surface area contributed by atoms with Gasteiger partial charge in [0.15, 0.2) is 0 Å². The fraction of sp³-hybridized carbons (Fsp3) is 0.348. The quantitative estimate of drug-likeness (QED) is 0.535. The Labute approximate surface area is 176 Å². The molecule has 0 aliphatic carbocycles. The Morgan fingerprint density at radius 3 is 2.41 bits per heavy atom. The zero-order valence-corrected chi connectivity index (χ0v) is 18.2. The van der Waals surface area contributed by atoms with Gasteiger partial charge in [-0.1, -0.05) is 67.1 Å². The summed E-state index contributed by atoms with van der Waals surface area (Å²) in [6, 6.07) is 14.7. The van der Waals surface area contributed by atoms with E-state index in [4.69, 9.17) is 4.42 Å². The van der Waals surface area contributed by atoms with Crippen LogP contribution in [0.15, 0.2) is 52.1 Å². The largest absolute Gasteiger partial charge is 0.411 e. The number of nitrogens with zero attached hydrogens (tertiary/aromatic N) is 2. The van der Waals surface area contributed by atoms with Crippen molar-refractivity contribution in [3.05, 3.63) is 64.7 Å². The Balaban J connectivity index is 1.44. The van der Waals surface area contributed by atoms with E-state index in [1.165, 1.54) is 22.9 Å². The minimum absolute atomic E-state index is 0.0417. The maximum absolute atomic E-state index is 12.1. The van der Waals surface area contributed by atoms with Gasteiger partial charge >= 0.3 is 0 Å². The van der Waals surface area contributed by atoms with Gasteiger partial charge < -0.3 is 9.73 Å². The lowest BCUT2D eigenvalue weighted by molar-refractivity contribution is -0.118. The van der Waals surface area contributed by atoms with Gasteiger partial charge in [0.2, 0.25) is 11.8 Å². The van der Waals surface area contributed by atoms with E-state index in [1.54, 1.807) is 0 Å². The van der Waals surface area contributed by atoms with Gasteiger partial charge in [0.1, 0.15) is 0 Å². The number of aromatic nitrogens is 2. The van der Waals surface area contributed by atoms with Crippen LogP contribution in [-0.2, 0) is 11.2 Å². The number of amides is 1. The molecule has 0 unspecified atom stereocenters. The zero-order chi connectivity index (χ0) is 20.8. The number of hydrogen-bond acceptors (Lipinski definition) is 5. The molecule has 0 bridgehead atoms. The molecule has 0 saturated carbocycles. The summed E-state index contributed by atoms with van der Waals surface area (Å²) < 4.78 is 5.70. The maximum Gasteiger partial charge on any atom is 0.277 e. The van der Waals surface area contributed by atoms with Gasteiger partial charge in [-0.15, -0.1) is 10.2 Å². The minimum atomic E-state index is -0.0417. The molecule has 1 aromatic heterocycles. The molecule has 2 aromatic carbocycles. The van der Waals surface area contributed by atoms with Crippen LogP contribution in [0.2, 0.25) is 0 Å². The fourth-order valence-electron chi connectivity index (χ4n) is 3.08. The van der Waals surface area contributed by atoms with Crippen LogP contribution < -0.4 is 5.32 Å². The molecule has 3 aromatic rings. The molecule has 0 spiro atoms. The zero-order valence-electron chi connectivity index (χ0n) is 17.4. The third kappa shape index (κ3) is 6.19. The van der Waals surface area contributed by atoms with Gasteiger partial charge in [0, 0.05) is 12.1 Å². The van der Waals surface area contributed by atoms with Crippen molar-refractivity contribution in [3.8, 4) is 11.5 Å². The first-order valence-corrected chi connectivity index (χ1v) is 10.8. The first kappa shape index (κ1) is 21.1. The molecule has 5 nitrogen and oxygen atoms in total. The standard InChI is InChI=1S/C23H27N3O2S/c1-15(2)19-7-5-18(6-8-19)9-10-24-21(27)14-29-23-26-25-22(28-23)20-12-16(3)11-17(4)13-20/h5-8,11-13,15H,9-10,14H2,1-4H3,(H,24,27). The minimum Gasteiger partial charge on any atom is -0.411 e. The number of carbonyl (C=O) groups is 1. The van der Waals surface area contributed by atoms with E-state index >= 15 is 0 Å².